The van der Waals surface area contributed by atoms with Crippen LogP contribution in [0.25, 0.3) is 0 Å². The number of hydrogen-bond acceptors (Lipinski definition) is 3. The Balaban J connectivity index is 2.41. The van der Waals surface area contributed by atoms with Crippen LogP contribution in [0.1, 0.15) is 49.5 Å². The number of hydrogen-bond donors (Lipinski definition) is 1. The molecule has 114 valence electrons. The Kier molecular flexibility index (Phi) is 4.86. The first-order valence-corrected chi connectivity index (χ1v) is 7.31. The van der Waals surface area contributed by atoms with Crippen molar-refractivity contribution in [2.75, 3.05) is 14.2 Å². The molecule has 3 nitrogen and oxygen atoms in total. The Morgan fingerprint density at radius 1 is 1.14 bits per heavy atom. The Morgan fingerprint density at radius 3 is 2.48 bits per heavy atom. The summed E-state index contributed by atoms with van der Waals surface area (Å²) in [7, 11) is 3.63. The molecule has 0 aliphatic rings. The Morgan fingerprint density at radius 2 is 1.86 bits per heavy atom. The lowest BCUT2D eigenvalue weighted by Crippen LogP contribution is -2.23. The van der Waals surface area contributed by atoms with Crippen LogP contribution in [0.15, 0.2) is 40.8 Å². The summed E-state index contributed by atoms with van der Waals surface area (Å²) in [5.74, 6) is 1.77. The van der Waals surface area contributed by atoms with Crippen molar-refractivity contribution in [3.05, 3.63) is 59.0 Å². The summed E-state index contributed by atoms with van der Waals surface area (Å²) in [5.41, 5.74) is 2.67. The van der Waals surface area contributed by atoms with Gasteiger partial charge in [0.05, 0.1) is 6.04 Å². The summed E-state index contributed by atoms with van der Waals surface area (Å²) >= 11 is 0. The molecule has 0 aliphatic carbocycles. The third-order valence-corrected chi connectivity index (χ3v) is 3.62. The standard InChI is InChI=1S/C18H25NO2/c1-18(2,3)15-9-7-6-8-14(15)17(19-4)16-11-10-13(21-16)12-20-5/h6-11,17,19H,12H2,1-5H3. The molecule has 0 saturated heterocycles. The van der Waals surface area contributed by atoms with Crippen LogP contribution >= 0.6 is 0 Å². The summed E-state index contributed by atoms with van der Waals surface area (Å²) < 4.78 is 11.0. The van der Waals surface area contributed by atoms with Gasteiger partial charge in [-0.05, 0) is 35.7 Å². The predicted molar refractivity (Wildman–Crippen MR) is 85.5 cm³/mol. The summed E-state index contributed by atoms with van der Waals surface area (Å²) in [6, 6.07) is 12.6. The van der Waals surface area contributed by atoms with Gasteiger partial charge in [-0.25, -0.2) is 0 Å². The fourth-order valence-corrected chi connectivity index (χ4v) is 2.65. The molecule has 0 aliphatic heterocycles. The molecule has 0 radical (unpaired) electrons. The molecule has 1 atom stereocenters. The van der Waals surface area contributed by atoms with Crippen molar-refractivity contribution in [2.24, 2.45) is 0 Å². The van der Waals surface area contributed by atoms with E-state index >= 15 is 0 Å². The minimum Gasteiger partial charge on any atom is -0.462 e. The van der Waals surface area contributed by atoms with Crippen LogP contribution in [-0.2, 0) is 16.8 Å². The number of methoxy groups -OCH3 is 1. The molecule has 0 bridgehead atoms. The van der Waals surface area contributed by atoms with E-state index in [1.54, 1.807) is 7.11 Å². The molecule has 1 aromatic carbocycles. The van der Waals surface area contributed by atoms with Gasteiger partial charge >= 0.3 is 0 Å². The quantitative estimate of drug-likeness (QED) is 0.901. The van der Waals surface area contributed by atoms with Crippen LogP contribution in [0.5, 0.6) is 0 Å². The van der Waals surface area contributed by atoms with Crippen molar-refractivity contribution in [3.8, 4) is 0 Å². The SMILES string of the molecule is CNC(c1ccc(COC)o1)c1ccccc1C(C)(C)C. The molecule has 0 amide bonds. The van der Waals surface area contributed by atoms with Gasteiger partial charge < -0.3 is 14.5 Å². The van der Waals surface area contributed by atoms with Crippen molar-refractivity contribution in [2.45, 2.75) is 38.8 Å². The van der Waals surface area contributed by atoms with Crippen molar-refractivity contribution in [1.82, 2.24) is 5.32 Å². The van der Waals surface area contributed by atoms with Crippen molar-refractivity contribution >= 4 is 0 Å². The Hall–Kier alpha value is -1.58. The fraction of sp³-hybridized carbons (Fsp3) is 0.444. The van der Waals surface area contributed by atoms with Crippen LogP contribution in [0.4, 0.5) is 0 Å². The molecule has 1 unspecified atom stereocenters. The van der Waals surface area contributed by atoms with E-state index in [0.717, 1.165) is 11.5 Å². The first kappa shape index (κ1) is 15.8. The number of rotatable bonds is 5. The van der Waals surface area contributed by atoms with Gasteiger partial charge in [-0.1, -0.05) is 45.0 Å². The van der Waals surface area contributed by atoms with Gasteiger partial charge in [-0.2, -0.15) is 0 Å². The summed E-state index contributed by atoms with van der Waals surface area (Å²) in [6.07, 6.45) is 0. The molecular formula is C18H25NO2. The number of nitrogens with one attached hydrogen (secondary N) is 1. The molecule has 1 aromatic heterocycles. The van der Waals surface area contributed by atoms with Crippen LogP contribution in [0.3, 0.4) is 0 Å². The third kappa shape index (κ3) is 3.55. The van der Waals surface area contributed by atoms with E-state index in [1.807, 2.05) is 19.2 Å². The van der Waals surface area contributed by atoms with E-state index in [0.29, 0.717) is 6.61 Å². The number of furan rings is 1. The van der Waals surface area contributed by atoms with Gasteiger partial charge in [-0.15, -0.1) is 0 Å². The molecule has 0 spiro atoms. The zero-order valence-corrected chi connectivity index (χ0v) is 13.6. The maximum atomic E-state index is 5.91. The summed E-state index contributed by atoms with van der Waals surface area (Å²) in [6.45, 7) is 7.20. The highest BCUT2D eigenvalue weighted by atomic mass is 16.5. The average molecular weight is 287 g/mol. The highest BCUT2D eigenvalue weighted by Gasteiger charge is 2.24. The molecule has 21 heavy (non-hydrogen) atoms. The van der Waals surface area contributed by atoms with Crippen molar-refractivity contribution in [1.29, 1.82) is 0 Å². The van der Waals surface area contributed by atoms with E-state index in [4.69, 9.17) is 9.15 Å². The first-order valence-electron chi connectivity index (χ1n) is 7.31. The molecule has 3 heteroatoms. The average Bonchev–Trinajstić information content (AvgIpc) is 2.88. The first-order chi connectivity index (χ1) is 9.97. The predicted octanol–water partition coefficient (Wildman–Crippen LogP) is 4.03. The maximum absolute atomic E-state index is 5.91. The molecule has 0 saturated carbocycles. The van der Waals surface area contributed by atoms with Gasteiger partial charge in [-0.3, -0.25) is 0 Å². The lowest BCUT2D eigenvalue weighted by Gasteiger charge is -2.26. The van der Waals surface area contributed by atoms with Gasteiger partial charge in [0.2, 0.25) is 0 Å². The third-order valence-electron chi connectivity index (χ3n) is 3.62. The molecule has 2 rings (SSSR count). The molecule has 1 N–H and O–H groups in total. The monoisotopic (exact) mass is 287 g/mol. The fourth-order valence-electron chi connectivity index (χ4n) is 2.65. The van der Waals surface area contributed by atoms with Crippen LogP contribution in [-0.4, -0.2) is 14.2 Å². The number of benzene rings is 1. The van der Waals surface area contributed by atoms with Gasteiger partial charge in [0.1, 0.15) is 18.1 Å². The lowest BCUT2D eigenvalue weighted by atomic mass is 9.81. The second kappa shape index (κ2) is 6.46. The number of ether oxygens (including phenoxy) is 1. The summed E-state index contributed by atoms with van der Waals surface area (Å²) in [4.78, 5) is 0. The van der Waals surface area contributed by atoms with E-state index in [9.17, 15) is 0 Å². The van der Waals surface area contributed by atoms with Crippen LogP contribution in [0, 0.1) is 0 Å². The van der Waals surface area contributed by atoms with Crippen LogP contribution < -0.4 is 5.32 Å². The minimum atomic E-state index is 0.0473. The van der Waals surface area contributed by atoms with E-state index in [-0.39, 0.29) is 11.5 Å². The van der Waals surface area contributed by atoms with Crippen LogP contribution in [0.2, 0.25) is 0 Å². The molecule has 0 fully saturated rings. The van der Waals surface area contributed by atoms with Gasteiger partial charge in [0.25, 0.3) is 0 Å². The summed E-state index contributed by atoms with van der Waals surface area (Å²) in [5, 5.41) is 3.37. The zero-order valence-electron chi connectivity index (χ0n) is 13.6. The highest BCUT2D eigenvalue weighted by Crippen LogP contribution is 2.33. The van der Waals surface area contributed by atoms with E-state index < -0.39 is 0 Å². The van der Waals surface area contributed by atoms with Crippen molar-refractivity contribution in [3.63, 3.8) is 0 Å². The minimum absolute atomic E-state index is 0.0473. The van der Waals surface area contributed by atoms with E-state index in [2.05, 4.69) is 50.4 Å². The zero-order chi connectivity index (χ0) is 15.5. The second-order valence-corrected chi connectivity index (χ2v) is 6.30. The maximum Gasteiger partial charge on any atom is 0.129 e. The van der Waals surface area contributed by atoms with Gasteiger partial charge in [0, 0.05) is 7.11 Å². The van der Waals surface area contributed by atoms with E-state index in [1.165, 1.54) is 11.1 Å². The normalized spacial score (nSPS) is 13.4. The Bertz CT molecular complexity index is 581. The smallest absolute Gasteiger partial charge is 0.129 e. The largest absolute Gasteiger partial charge is 0.462 e. The Labute approximate surface area is 127 Å². The van der Waals surface area contributed by atoms with Gasteiger partial charge in [0.15, 0.2) is 0 Å². The molecule has 1 heterocycles. The second-order valence-electron chi connectivity index (χ2n) is 6.30. The highest BCUT2D eigenvalue weighted by molar-refractivity contribution is 5.38. The molecular weight excluding hydrogens is 262 g/mol. The van der Waals surface area contributed by atoms with Crippen molar-refractivity contribution < 1.29 is 9.15 Å². The topological polar surface area (TPSA) is 34.4 Å². The lowest BCUT2D eigenvalue weighted by molar-refractivity contribution is 0.162. The molecule has 2 aromatic rings.